The van der Waals surface area contributed by atoms with Crippen LogP contribution in [0.2, 0.25) is 0 Å². The Hall–Kier alpha value is -2.62. The minimum Gasteiger partial charge on any atom is -0.478 e. The summed E-state index contributed by atoms with van der Waals surface area (Å²) in [5.74, 6) is -0.406. The Morgan fingerprint density at radius 1 is 1.32 bits per heavy atom. The predicted octanol–water partition coefficient (Wildman–Crippen LogP) is 3.90. The Bertz CT molecular complexity index is 724. The van der Waals surface area contributed by atoms with E-state index < -0.39 is 5.97 Å². The van der Waals surface area contributed by atoms with Crippen LogP contribution in [0.3, 0.4) is 0 Å². The van der Waals surface area contributed by atoms with Crippen molar-refractivity contribution in [3.05, 3.63) is 65.1 Å². The van der Waals surface area contributed by atoms with Gasteiger partial charge in [0.15, 0.2) is 0 Å². The third-order valence-electron chi connectivity index (χ3n) is 3.90. The van der Waals surface area contributed by atoms with E-state index in [-0.39, 0.29) is 5.56 Å². The Balaban J connectivity index is 1.94. The molecule has 1 aromatic carbocycles. The van der Waals surface area contributed by atoms with Crippen LogP contribution in [-0.4, -0.2) is 22.2 Å². The molecule has 2 heterocycles. The first-order valence-electron chi connectivity index (χ1n) is 7.32. The zero-order valence-corrected chi connectivity index (χ0v) is 12.7. The number of benzene rings is 1. The molecule has 3 rings (SSSR count). The van der Waals surface area contributed by atoms with Crippen LogP contribution in [0.4, 0.5) is 0 Å². The van der Waals surface area contributed by atoms with Crippen LogP contribution in [0.5, 0.6) is 0 Å². The van der Waals surface area contributed by atoms with Gasteiger partial charge in [0, 0.05) is 17.5 Å². The second-order valence-electron chi connectivity index (χ2n) is 5.68. The molecule has 112 valence electrons. The van der Waals surface area contributed by atoms with Crippen molar-refractivity contribution in [2.24, 2.45) is 10.9 Å². The topological polar surface area (TPSA) is 52.9 Å². The fourth-order valence-corrected chi connectivity index (χ4v) is 2.68. The second-order valence-corrected chi connectivity index (χ2v) is 5.68. The highest BCUT2D eigenvalue weighted by molar-refractivity contribution is 5.90. The highest BCUT2D eigenvalue weighted by Gasteiger charge is 2.18. The molecular weight excluding hydrogens is 276 g/mol. The van der Waals surface area contributed by atoms with E-state index in [4.69, 9.17) is 5.11 Å². The van der Waals surface area contributed by atoms with Crippen molar-refractivity contribution in [1.82, 2.24) is 4.90 Å². The van der Waals surface area contributed by atoms with Gasteiger partial charge in [-0.3, -0.25) is 4.99 Å². The second kappa shape index (κ2) is 5.64. The van der Waals surface area contributed by atoms with Crippen molar-refractivity contribution >= 4 is 17.9 Å². The summed E-state index contributed by atoms with van der Waals surface area (Å²) in [6.45, 7) is 4.29. The van der Waals surface area contributed by atoms with E-state index >= 15 is 0 Å². The number of carbonyl (C=O) groups is 1. The Morgan fingerprint density at radius 2 is 2.05 bits per heavy atom. The average Bonchev–Trinajstić information content (AvgIpc) is 2.66. The van der Waals surface area contributed by atoms with Crippen LogP contribution in [0, 0.1) is 5.92 Å². The summed E-state index contributed by atoms with van der Waals surface area (Å²) < 4.78 is 0. The summed E-state index contributed by atoms with van der Waals surface area (Å²) in [5.41, 5.74) is 4.29. The average molecular weight is 294 g/mol. The van der Waals surface area contributed by atoms with E-state index in [0.717, 1.165) is 23.4 Å². The van der Waals surface area contributed by atoms with Gasteiger partial charge in [0.2, 0.25) is 0 Å². The normalized spacial score (nSPS) is 20.5. The van der Waals surface area contributed by atoms with E-state index in [9.17, 15) is 4.79 Å². The molecular formula is C18H18N2O2. The summed E-state index contributed by atoms with van der Waals surface area (Å²) in [6.07, 6.45) is 9.33. The Kier molecular flexibility index (Phi) is 3.67. The maximum absolute atomic E-state index is 10.9. The number of hydrogen-bond donors (Lipinski definition) is 1. The highest BCUT2D eigenvalue weighted by atomic mass is 16.4. The predicted molar refractivity (Wildman–Crippen MR) is 87.3 cm³/mol. The number of rotatable bonds is 2. The lowest BCUT2D eigenvalue weighted by Gasteiger charge is -2.25. The van der Waals surface area contributed by atoms with Gasteiger partial charge in [-0.2, -0.15) is 0 Å². The molecule has 4 heteroatoms. The summed E-state index contributed by atoms with van der Waals surface area (Å²) in [6, 6.07) is 6.79. The first-order valence-corrected chi connectivity index (χ1v) is 7.32. The van der Waals surface area contributed by atoms with Crippen molar-refractivity contribution in [1.29, 1.82) is 0 Å². The molecule has 0 spiro atoms. The molecule has 0 saturated carbocycles. The zero-order chi connectivity index (χ0) is 15.7. The fourth-order valence-electron chi connectivity index (χ4n) is 2.68. The first-order chi connectivity index (χ1) is 10.5. The standard InChI is InChI=1S/C18H18N2O2/c1-12-3-8-16-10-19-17(11-20(16)13(2)9-12)14-4-6-15(7-5-14)18(21)22/h4-12H,3H2,1-2H3,(H,21,22)/t12-/m1/s1. The van der Waals surface area contributed by atoms with Gasteiger partial charge in [-0.05, 0) is 31.4 Å². The molecule has 0 saturated heterocycles. The lowest BCUT2D eigenvalue weighted by molar-refractivity contribution is 0.0697. The van der Waals surface area contributed by atoms with E-state index in [0.29, 0.717) is 5.92 Å². The van der Waals surface area contributed by atoms with Gasteiger partial charge in [-0.25, -0.2) is 4.79 Å². The molecule has 0 amide bonds. The van der Waals surface area contributed by atoms with Crippen molar-refractivity contribution in [3.63, 3.8) is 0 Å². The van der Waals surface area contributed by atoms with Gasteiger partial charge in [0.25, 0.3) is 0 Å². The first kappa shape index (κ1) is 14.3. The molecule has 2 aliphatic rings. The molecule has 0 aliphatic carbocycles. The number of aliphatic imine (C=N–C) groups is 1. The smallest absolute Gasteiger partial charge is 0.335 e. The van der Waals surface area contributed by atoms with E-state index in [1.807, 2.05) is 12.4 Å². The lowest BCUT2D eigenvalue weighted by atomic mass is 10.1. The van der Waals surface area contributed by atoms with Gasteiger partial charge >= 0.3 is 5.97 Å². The fraction of sp³-hybridized carbons (Fsp3) is 0.222. The van der Waals surface area contributed by atoms with Crippen molar-refractivity contribution < 1.29 is 9.90 Å². The Labute approximate surface area is 129 Å². The summed E-state index contributed by atoms with van der Waals surface area (Å²) >= 11 is 0. The molecule has 0 unspecified atom stereocenters. The van der Waals surface area contributed by atoms with Crippen LogP contribution in [-0.2, 0) is 0 Å². The van der Waals surface area contributed by atoms with Gasteiger partial charge in [-0.15, -0.1) is 0 Å². The monoisotopic (exact) mass is 294 g/mol. The molecule has 0 bridgehead atoms. The van der Waals surface area contributed by atoms with Gasteiger partial charge in [0.1, 0.15) is 0 Å². The molecule has 0 radical (unpaired) electrons. The summed E-state index contributed by atoms with van der Waals surface area (Å²) in [4.78, 5) is 17.6. The van der Waals surface area contributed by atoms with Crippen LogP contribution in [0.15, 0.2) is 59.0 Å². The number of hydrogen-bond acceptors (Lipinski definition) is 3. The molecule has 2 aliphatic heterocycles. The van der Waals surface area contributed by atoms with Crippen LogP contribution < -0.4 is 0 Å². The number of carboxylic acids is 1. The molecule has 0 aromatic heterocycles. The van der Waals surface area contributed by atoms with Gasteiger partial charge < -0.3 is 10.0 Å². The maximum Gasteiger partial charge on any atom is 0.335 e. The lowest BCUT2D eigenvalue weighted by Crippen LogP contribution is -2.18. The molecule has 0 fully saturated rings. The van der Waals surface area contributed by atoms with Crippen LogP contribution in [0.25, 0.3) is 5.70 Å². The van der Waals surface area contributed by atoms with Gasteiger partial charge in [-0.1, -0.05) is 31.2 Å². The third-order valence-corrected chi connectivity index (χ3v) is 3.90. The highest BCUT2D eigenvalue weighted by Crippen LogP contribution is 2.29. The molecule has 4 nitrogen and oxygen atoms in total. The zero-order valence-electron chi connectivity index (χ0n) is 12.7. The largest absolute Gasteiger partial charge is 0.478 e. The summed E-state index contributed by atoms with van der Waals surface area (Å²) in [5, 5.41) is 8.96. The Morgan fingerprint density at radius 3 is 2.73 bits per heavy atom. The molecule has 1 atom stereocenters. The SMILES string of the molecule is CC1=C[C@H](C)CC=C2C=NC(c3ccc(C(=O)O)cc3)=CN12. The minimum atomic E-state index is -0.918. The quantitative estimate of drug-likeness (QED) is 0.900. The summed E-state index contributed by atoms with van der Waals surface area (Å²) in [7, 11) is 0. The van der Waals surface area contributed by atoms with Gasteiger partial charge in [0.05, 0.1) is 23.2 Å². The van der Waals surface area contributed by atoms with Crippen LogP contribution in [0.1, 0.15) is 36.2 Å². The number of fused-ring (bicyclic) bond motifs is 1. The molecule has 1 aromatic rings. The number of nitrogens with zero attached hydrogens (tertiary/aromatic N) is 2. The number of carboxylic acid groups (broad SMARTS) is 1. The van der Waals surface area contributed by atoms with E-state index in [1.165, 1.54) is 5.70 Å². The van der Waals surface area contributed by atoms with Crippen molar-refractivity contribution in [2.45, 2.75) is 20.3 Å². The molecule has 1 N–H and O–H groups in total. The molecule has 22 heavy (non-hydrogen) atoms. The number of allylic oxidation sites excluding steroid dienone is 4. The van der Waals surface area contributed by atoms with E-state index in [1.54, 1.807) is 24.3 Å². The maximum atomic E-state index is 10.9. The van der Waals surface area contributed by atoms with E-state index in [2.05, 4.69) is 35.9 Å². The van der Waals surface area contributed by atoms with Crippen molar-refractivity contribution in [2.75, 3.05) is 0 Å². The number of aromatic carboxylic acids is 1. The van der Waals surface area contributed by atoms with Crippen LogP contribution >= 0.6 is 0 Å². The minimum absolute atomic E-state index is 0.282. The van der Waals surface area contributed by atoms with Crippen molar-refractivity contribution in [3.8, 4) is 0 Å². The third kappa shape index (κ3) is 2.72.